The van der Waals surface area contributed by atoms with E-state index in [4.69, 9.17) is 0 Å². The topological polar surface area (TPSA) is 15.3 Å². The third-order valence-electron chi connectivity index (χ3n) is 4.67. The lowest BCUT2D eigenvalue weighted by atomic mass is 9.88. The molecule has 0 radical (unpaired) electrons. The molecule has 1 aromatic rings. The number of nitrogens with one attached hydrogen (secondary N) is 1. The lowest BCUT2D eigenvalue weighted by molar-refractivity contribution is 0.104. The van der Waals surface area contributed by atoms with Crippen LogP contribution in [0.3, 0.4) is 0 Å². The van der Waals surface area contributed by atoms with Crippen molar-refractivity contribution in [3.63, 3.8) is 0 Å². The Morgan fingerprint density at radius 1 is 1.15 bits per heavy atom. The fraction of sp³-hybridized carbons (Fsp3) is 0.667. The monoisotopic (exact) mass is 274 g/mol. The van der Waals surface area contributed by atoms with Crippen molar-refractivity contribution in [2.45, 2.75) is 39.2 Å². The van der Waals surface area contributed by atoms with Crippen LogP contribution in [-0.2, 0) is 6.42 Å². The molecule has 2 rings (SSSR count). The van der Waals surface area contributed by atoms with Gasteiger partial charge in [0.05, 0.1) is 0 Å². The fourth-order valence-corrected chi connectivity index (χ4v) is 3.43. The Morgan fingerprint density at radius 2 is 1.80 bits per heavy atom. The molecule has 0 bridgehead atoms. The van der Waals surface area contributed by atoms with Crippen molar-refractivity contribution in [1.82, 2.24) is 10.2 Å². The second kappa shape index (κ2) is 7.80. The largest absolute Gasteiger partial charge is 0.318 e. The van der Waals surface area contributed by atoms with Crippen LogP contribution in [0.25, 0.3) is 0 Å². The Kier molecular flexibility index (Phi) is 6.06. The second-order valence-electron chi connectivity index (χ2n) is 6.54. The Bertz CT molecular complexity index is 366. The molecule has 1 aliphatic heterocycles. The van der Waals surface area contributed by atoms with E-state index in [1.807, 2.05) is 0 Å². The maximum Gasteiger partial charge on any atom is 0.0243 e. The molecule has 0 spiro atoms. The molecule has 0 aromatic heterocycles. The summed E-state index contributed by atoms with van der Waals surface area (Å²) in [5, 5.41) is 3.36. The van der Waals surface area contributed by atoms with Crippen molar-refractivity contribution >= 4 is 0 Å². The number of nitrogens with zero attached hydrogens (tertiary/aromatic N) is 1. The number of hydrogen-bond acceptors (Lipinski definition) is 2. The zero-order valence-electron chi connectivity index (χ0n) is 13.3. The molecule has 20 heavy (non-hydrogen) atoms. The van der Waals surface area contributed by atoms with Crippen LogP contribution in [0.5, 0.6) is 0 Å². The average Bonchev–Trinajstić information content (AvgIpc) is 2.47. The molecular formula is C18H30N2. The molecule has 0 aliphatic carbocycles. The summed E-state index contributed by atoms with van der Waals surface area (Å²) in [6, 6.07) is 11.7. The van der Waals surface area contributed by atoms with Crippen LogP contribution >= 0.6 is 0 Å². The number of hydrogen-bond donors (Lipinski definition) is 1. The summed E-state index contributed by atoms with van der Waals surface area (Å²) in [6.45, 7) is 8.33. The molecule has 112 valence electrons. The van der Waals surface area contributed by atoms with E-state index in [9.17, 15) is 0 Å². The Hall–Kier alpha value is -0.860. The zero-order chi connectivity index (χ0) is 14.4. The first kappa shape index (κ1) is 15.5. The summed E-state index contributed by atoms with van der Waals surface area (Å²) >= 11 is 0. The number of benzene rings is 1. The van der Waals surface area contributed by atoms with Gasteiger partial charge in [0.25, 0.3) is 0 Å². The molecule has 0 amide bonds. The van der Waals surface area contributed by atoms with Crippen LogP contribution in [0.15, 0.2) is 30.3 Å². The standard InChI is InChI=1S/C18H30N2/c1-15(2)18(14-19-3)20-11-9-17(10-12-20)13-16-7-5-4-6-8-16/h4-8,15,17-19H,9-14H2,1-3H3. The first-order valence-corrected chi connectivity index (χ1v) is 8.13. The van der Waals surface area contributed by atoms with Crippen molar-refractivity contribution in [3.05, 3.63) is 35.9 Å². The van der Waals surface area contributed by atoms with Gasteiger partial charge in [-0.25, -0.2) is 0 Å². The Balaban J connectivity index is 1.82. The lowest BCUT2D eigenvalue weighted by Crippen LogP contribution is -2.48. The molecule has 1 saturated heterocycles. The molecule has 1 aliphatic rings. The summed E-state index contributed by atoms with van der Waals surface area (Å²) in [7, 11) is 2.07. The van der Waals surface area contributed by atoms with Crippen molar-refractivity contribution in [2.75, 3.05) is 26.7 Å². The Morgan fingerprint density at radius 3 is 2.35 bits per heavy atom. The molecule has 1 fully saturated rings. The zero-order valence-corrected chi connectivity index (χ0v) is 13.3. The maximum absolute atomic E-state index is 3.36. The van der Waals surface area contributed by atoms with Gasteiger partial charge in [-0.3, -0.25) is 4.90 Å². The smallest absolute Gasteiger partial charge is 0.0243 e. The van der Waals surface area contributed by atoms with Crippen LogP contribution in [0.2, 0.25) is 0 Å². The summed E-state index contributed by atoms with van der Waals surface area (Å²) in [4.78, 5) is 2.70. The molecule has 1 N–H and O–H groups in total. The van der Waals surface area contributed by atoms with Crippen LogP contribution < -0.4 is 5.32 Å². The third kappa shape index (κ3) is 4.32. The van der Waals surface area contributed by atoms with Crippen molar-refractivity contribution in [3.8, 4) is 0 Å². The fourth-order valence-electron chi connectivity index (χ4n) is 3.43. The van der Waals surface area contributed by atoms with E-state index in [1.165, 1.54) is 37.9 Å². The summed E-state index contributed by atoms with van der Waals surface area (Å²) in [5.41, 5.74) is 1.50. The third-order valence-corrected chi connectivity index (χ3v) is 4.67. The highest BCUT2D eigenvalue weighted by Crippen LogP contribution is 2.24. The summed E-state index contributed by atoms with van der Waals surface area (Å²) in [6.07, 6.45) is 3.96. The minimum Gasteiger partial charge on any atom is -0.318 e. The lowest BCUT2D eigenvalue weighted by Gasteiger charge is -2.39. The summed E-state index contributed by atoms with van der Waals surface area (Å²) in [5.74, 6) is 1.60. The molecule has 2 nitrogen and oxygen atoms in total. The van der Waals surface area contributed by atoms with Gasteiger partial charge in [-0.1, -0.05) is 44.2 Å². The van der Waals surface area contributed by atoms with E-state index in [2.05, 4.69) is 61.4 Å². The molecule has 0 saturated carbocycles. The van der Waals surface area contributed by atoms with Gasteiger partial charge >= 0.3 is 0 Å². The maximum atomic E-state index is 3.36. The predicted molar refractivity (Wildman–Crippen MR) is 87.0 cm³/mol. The van der Waals surface area contributed by atoms with Gasteiger partial charge in [0.15, 0.2) is 0 Å². The van der Waals surface area contributed by atoms with Crippen LogP contribution in [0.4, 0.5) is 0 Å². The number of likely N-dealkylation sites (N-methyl/N-ethyl adjacent to an activating group) is 1. The first-order chi connectivity index (χ1) is 9.70. The highest BCUT2D eigenvalue weighted by Gasteiger charge is 2.26. The van der Waals surface area contributed by atoms with E-state index in [0.717, 1.165) is 18.4 Å². The van der Waals surface area contributed by atoms with Gasteiger partial charge < -0.3 is 5.32 Å². The molecule has 1 atom stereocenters. The minimum absolute atomic E-state index is 0.692. The van der Waals surface area contributed by atoms with E-state index < -0.39 is 0 Å². The Labute approximate surface area is 124 Å². The van der Waals surface area contributed by atoms with Gasteiger partial charge in [0.1, 0.15) is 0 Å². The predicted octanol–water partition coefficient (Wildman–Crippen LogP) is 3.19. The second-order valence-corrected chi connectivity index (χ2v) is 6.54. The summed E-state index contributed by atoms with van der Waals surface area (Å²) < 4.78 is 0. The van der Waals surface area contributed by atoms with Crippen LogP contribution in [0.1, 0.15) is 32.3 Å². The van der Waals surface area contributed by atoms with Crippen LogP contribution in [0, 0.1) is 11.8 Å². The molecular weight excluding hydrogens is 244 g/mol. The van der Waals surface area contributed by atoms with Crippen molar-refractivity contribution in [2.24, 2.45) is 11.8 Å². The first-order valence-electron chi connectivity index (χ1n) is 8.13. The SMILES string of the molecule is CNCC(C(C)C)N1CCC(Cc2ccccc2)CC1. The van der Waals surface area contributed by atoms with Crippen molar-refractivity contribution < 1.29 is 0 Å². The van der Waals surface area contributed by atoms with Gasteiger partial charge in [-0.2, -0.15) is 0 Å². The average molecular weight is 274 g/mol. The normalized spacial score (nSPS) is 19.4. The number of rotatable bonds is 6. The minimum atomic E-state index is 0.692. The number of piperidine rings is 1. The molecule has 1 aromatic carbocycles. The van der Waals surface area contributed by atoms with E-state index >= 15 is 0 Å². The van der Waals surface area contributed by atoms with Gasteiger partial charge in [0, 0.05) is 12.6 Å². The molecule has 1 unspecified atom stereocenters. The van der Waals surface area contributed by atoms with Gasteiger partial charge in [-0.15, -0.1) is 0 Å². The van der Waals surface area contributed by atoms with E-state index in [1.54, 1.807) is 0 Å². The van der Waals surface area contributed by atoms with Gasteiger partial charge in [-0.05, 0) is 56.8 Å². The van der Waals surface area contributed by atoms with E-state index in [-0.39, 0.29) is 0 Å². The molecule has 2 heteroatoms. The van der Waals surface area contributed by atoms with Crippen LogP contribution in [-0.4, -0.2) is 37.6 Å². The van der Waals surface area contributed by atoms with Crippen molar-refractivity contribution in [1.29, 1.82) is 0 Å². The highest BCUT2D eigenvalue weighted by atomic mass is 15.2. The number of likely N-dealkylation sites (tertiary alicyclic amines) is 1. The quantitative estimate of drug-likeness (QED) is 0.857. The van der Waals surface area contributed by atoms with E-state index in [0.29, 0.717) is 6.04 Å². The highest BCUT2D eigenvalue weighted by molar-refractivity contribution is 5.15. The van der Waals surface area contributed by atoms with Gasteiger partial charge in [0.2, 0.25) is 0 Å². The molecule has 1 heterocycles.